The number of nitrogens with zero attached hydrogens (tertiary/aromatic N) is 1. The molecule has 1 heterocycles. The highest BCUT2D eigenvalue weighted by Crippen LogP contribution is 2.23. The van der Waals surface area contributed by atoms with E-state index in [1.807, 2.05) is 13.2 Å². The molecule has 0 N–H and O–H groups in total. The molecule has 0 amide bonds. The summed E-state index contributed by atoms with van der Waals surface area (Å²) in [5.41, 5.74) is 2.44. The molecule has 1 heteroatoms. The van der Waals surface area contributed by atoms with Crippen LogP contribution in [0, 0.1) is 5.92 Å². The number of rotatable bonds is 1. The van der Waals surface area contributed by atoms with Gasteiger partial charge < -0.3 is 4.90 Å². The monoisotopic (exact) mass is 149 g/mol. The van der Waals surface area contributed by atoms with Gasteiger partial charge in [0.15, 0.2) is 0 Å². The molecule has 0 unspecified atom stereocenters. The van der Waals surface area contributed by atoms with Gasteiger partial charge in [0.05, 0.1) is 0 Å². The molecule has 0 aromatic rings. The van der Waals surface area contributed by atoms with Crippen molar-refractivity contribution in [3.63, 3.8) is 0 Å². The molecule has 1 aliphatic rings. The topological polar surface area (TPSA) is 3.24 Å². The molecule has 0 aromatic carbocycles. The van der Waals surface area contributed by atoms with Gasteiger partial charge in [0.25, 0.3) is 0 Å². The van der Waals surface area contributed by atoms with Gasteiger partial charge in [0.1, 0.15) is 0 Å². The number of likely N-dealkylation sites (N-methyl/N-ethyl adjacent to an activating group) is 1. The summed E-state index contributed by atoms with van der Waals surface area (Å²) in [5, 5.41) is 0. The van der Waals surface area contributed by atoms with Gasteiger partial charge in [-0.05, 0) is 17.6 Å². The molecule has 0 atom stereocenters. The Morgan fingerprint density at radius 2 is 2.09 bits per heavy atom. The van der Waals surface area contributed by atoms with E-state index in [2.05, 4.69) is 37.5 Å². The van der Waals surface area contributed by atoms with Gasteiger partial charge in [-0.2, -0.15) is 0 Å². The molecule has 0 spiro atoms. The predicted octanol–water partition coefficient (Wildman–Crippen LogP) is 2.54. The summed E-state index contributed by atoms with van der Waals surface area (Å²) >= 11 is 0. The van der Waals surface area contributed by atoms with E-state index < -0.39 is 0 Å². The van der Waals surface area contributed by atoms with Crippen LogP contribution in [0.15, 0.2) is 36.2 Å². The maximum absolute atomic E-state index is 4.00. The largest absolute Gasteiger partial charge is 0.351 e. The fraction of sp³-hybridized carbons (Fsp3) is 0.400. The summed E-state index contributed by atoms with van der Waals surface area (Å²) in [6.45, 7) is 8.37. The smallest absolute Gasteiger partial charge is 0.0365 e. The minimum absolute atomic E-state index is 0.565. The zero-order valence-corrected chi connectivity index (χ0v) is 7.46. The maximum atomic E-state index is 4.00. The van der Waals surface area contributed by atoms with Crippen molar-refractivity contribution in [3.8, 4) is 0 Å². The zero-order chi connectivity index (χ0) is 8.43. The SMILES string of the molecule is C=C1C(C(C)C)=CC=CN1C. The molecular weight excluding hydrogens is 134 g/mol. The summed E-state index contributed by atoms with van der Waals surface area (Å²) in [5.74, 6) is 0.565. The Morgan fingerprint density at radius 1 is 1.45 bits per heavy atom. The highest BCUT2D eigenvalue weighted by atomic mass is 15.1. The third kappa shape index (κ3) is 1.53. The summed E-state index contributed by atoms with van der Waals surface area (Å²) in [6.07, 6.45) is 6.21. The summed E-state index contributed by atoms with van der Waals surface area (Å²) in [7, 11) is 2.02. The van der Waals surface area contributed by atoms with Crippen molar-refractivity contribution < 1.29 is 0 Å². The Kier molecular flexibility index (Phi) is 2.18. The second kappa shape index (κ2) is 2.95. The van der Waals surface area contributed by atoms with Gasteiger partial charge in [-0.3, -0.25) is 0 Å². The molecule has 0 fully saturated rings. The number of hydrogen-bond acceptors (Lipinski definition) is 1. The minimum Gasteiger partial charge on any atom is -0.351 e. The first-order valence-electron chi connectivity index (χ1n) is 3.93. The first kappa shape index (κ1) is 8.12. The zero-order valence-electron chi connectivity index (χ0n) is 7.46. The molecule has 0 saturated heterocycles. The van der Waals surface area contributed by atoms with E-state index in [0.29, 0.717) is 5.92 Å². The molecule has 60 valence electrons. The van der Waals surface area contributed by atoms with E-state index >= 15 is 0 Å². The molecule has 0 aliphatic carbocycles. The van der Waals surface area contributed by atoms with Crippen LogP contribution in [-0.4, -0.2) is 11.9 Å². The average molecular weight is 149 g/mol. The average Bonchev–Trinajstić information content (AvgIpc) is 1.94. The Labute approximate surface area is 68.7 Å². The van der Waals surface area contributed by atoms with Crippen LogP contribution in [0.1, 0.15) is 13.8 Å². The normalized spacial score (nSPS) is 17.6. The minimum atomic E-state index is 0.565. The third-order valence-electron chi connectivity index (χ3n) is 1.97. The van der Waals surface area contributed by atoms with Crippen LogP contribution in [0.3, 0.4) is 0 Å². The Morgan fingerprint density at radius 3 is 2.55 bits per heavy atom. The first-order chi connectivity index (χ1) is 5.13. The van der Waals surface area contributed by atoms with Crippen molar-refractivity contribution in [2.75, 3.05) is 7.05 Å². The lowest BCUT2D eigenvalue weighted by atomic mass is 9.98. The van der Waals surface area contributed by atoms with Crippen LogP contribution >= 0.6 is 0 Å². The van der Waals surface area contributed by atoms with Crippen molar-refractivity contribution in [3.05, 3.63) is 36.2 Å². The third-order valence-corrected chi connectivity index (χ3v) is 1.97. The van der Waals surface area contributed by atoms with Gasteiger partial charge in [0, 0.05) is 18.9 Å². The van der Waals surface area contributed by atoms with E-state index in [1.54, 1.807) is 0 Å². The van der Waals surface area contributed by atoms with Gasteiger partial charge in [-0.1, -0.05) is 26.5 Å². The standard InChI is InChI=1S/C10H15N/c1-8(2)10-6-5-7-11(4)9(10)3/h5-8H,3H2,1-2,4H3. The molecule has 0 radical (unpaired) electrons. The molecule has 1 aliphatic heterocycles. The van der Waals surface area contributed by atoms with Crippen LogP contribution < -0.4 is 0 Å². The molecular formula is C10H15N. The molecule has 1 nitrogen and oxygen atoms in total. The van der Waals surface area contributed by atoms with E-state index in [9.17, 15) is 0 Å². The number of hydrogen-bond donors (Lipinski definition) is 0. The summed E-state index contributed by atoms with van der Waals surface area (Å²) in [4.78, 5) is 2.05. The van der Waals surface area contributed by atoms with E-state index in [-0.39, 0.29) is 0 Å². The lowest BCUT2D eigenvalue weighted by molar-refractivity contribution is 0.551. The summed E-state index contributed by atoms with van der Waals surface area (Å²) < 4.78 is 0. The van der Waals surface area contributed by atoms with Crippen molar-refractivity contribution >= 4 is 0 Å². The fourth-order valence-electron chi connectivity index (χ4n) is 1.19. The van der Waals surface area contributed by atoms with E-state index in [4.69, 9.17) is 0 Å². The van der Waals surface area contributed by atoms with Crippen molar-refractivity contribution in [2.45, 2.75) is 13.8 Å². The van der Waals surface area contributed by atoms with Gasteiger partial charge in [-0.25, -0.2) is 0 Å². The maximum Gasteiger partial charge on any atom is 0.0365 e. The van der Waals surface area contributed by atoms with Gasteiger partial charge in [-0.15, -0.1) is 0 Å². The van der Waals surface area contributed by atoms with Crippen molar-refractivity contribution in [1.29, 1.82) is 0 Å². The number of allylic oxidation sites excluding steroid dienone is 3. The Hall–Kier alpha value is -0.980. The van der Waals surface area contributed by atoms with Crippen LogP contribution in [-0.2, 0) is 0 Å². The van der Waals surface area contributed by atoms with Crippen LogP contribution in [0.2, 0.25) is 0 Å². The fourth-order valence-corrected chi connectivity index (χ4v) is 1.19. The van der Waals surface area contributed by atoms with Gasteiger partial charge in [0.2, 0.25) is 0 Å². The molecule has 1 rings (SSSR count). The van der Waals surface area contributed by atoms with E-state index in [0.717, 1.165) is 5.70 Å². The Bertz CT molecular complexity index is 221. The highest BCUT2D eigenvalue weighted by molar-refractivity contribution is 5.36. The summed E-state index contributed by atoms with van der Waals surface area (Å²) in [6, 6.07) is 0. The highest BCUT2D eigenvalue weighted by Gasteiger charge is 2.11. The van der Waals surface area contributed by atoms with Gasteiger partial charge >= 0.3 is 0 Å². The van der Waals surface area contributed by atoms with Crippen molar-refractivity contribution in [2.24, 2.45) is 5.92 Å². The molecule has 0 aromatic heterocycles. The van der Waals surface area contributed by atoms with Crippen LogP contribution in [0.4, 0.5) is 0 Å². The van der Waals surface area contributed by atoms with Crippen LogP contribution in [0.25, 0.3) is 0 Å². The molecule has 11 heavy (non-hydrogen) atoms. The Balaban J connectivity index is 2.87. The second-order valence-corrected chi connectivity index (χ2v) is 3.18. The predicted molar refractivity (Wildman–Crippen MR) is 49.0 cm³/mol. The van der Waals surface area contributed by atoms with Crippen molar-refractivity contribution in [1.82, 2.24) is 4.90 Å². The van der Waals surface area contributed by atoms with Crippen LogP contribution in [0.5, 0.6) is 0 Å². The lowest BCUT2D eigenvalue weighted by Gasteiger charge is -2.24. The molecule has 0 bridgehead atoms. The van der Waals surface area contributed by atoms with E-state index in [1.165, 1.54) is 5.57 Å². The second-order valence-electron chi connectivity index (χ2n) is 3.18. The first-order valence-corrected chi connectivity index (χ1v) is 3.93. The quantitative estimate of drug-likeness (QED) is 0.553. The molecule has 0 saturated carbocycles. The lowest BCUT2D eigenvalue weighted by Crippen LogP contribution is -2.16.